The number of para-hydroxylation sites is 1. The van der Waals surface area contributed by atoms with Crippen LogP contribution < -0.4 is 14.8 Å². The van der Waals surface area contributed by atoms with Gasteiger partial charge < -0.3 is 14.8 Å². The first-order valence-electron chi connectivity index (χ1n) is 7.44. The average Bonchev–Trinajstić information content (AvgIpc) is 2.57. The minimum atomic E-state index is -0.430. The number of hydrogen-bond acceptors (Lipinski definition) is 3. The molecule has 0 aliphatic carbocycles. The Morgan fingerprint density at radius 3 is 2.75 bits per heavy atom. The van der Waals surface area contributed by atoms with E-state index in [-0.39, 0.29) is 31.4 Å². The zero-order chi connectivity index (χ0) is 17.2. The summed E-state index contributed by atoms with van der Waals surface area (Å²) in [7, 11) is 0. The van der Waals surface area contributed by atoms with Gasteiger partial charge in [-0.2, -0.15) is 0 Å². The van der Waals surface area contributed by atoms with Gasteiger partial charge in [-0.15, -0.1) is 0 Å². The second kappa shape index (κ2) is 9.21. The third-order valence-electron chi connectivity index (χ3n) is 2.99. The quantitative estimate of drug-likeness (QED) is 0.830. The Morgan fingerprint density at radius 1 is 1.12 bits per heavy atom. The summed E-state index contributed by atoms with van der Waals surface area (Å²) >= 11 is 0. The van der Waals surface area contributed by atoms with E-state index in [1.165, 1.54) is 12.1 Å². The normalized spacial score (nSPS) is 9.58. The zero-order valence-corrected chi connectivity index (χ0v) is 13.3. The molecule has 2 aromatic rings. The van der Waals surface area contributed by atoms with Crippen molar-refractivity contribution in [1.29, 1.82) is 0 Å². The first kappa shape index (κ1) is 17.4. The topological polar surface area (TPSA) is 47.6 Å². The highest BCUT2D eigenvalue weighted by molar-refractivity contribution is 5.77. The zero-order valence-electron chi connectivity index (χ0n) is 13.3. The molecular formula is C19H18FNO3. The highest BCUT2D eigenvalue weighted by Gasteiger charge is 2.01. The van der Waals surface area contributed by atoms with Gasteiger partial charge in [-0.05, 0) is 36.8 Å². The molecule has 5 heteroatoms. The molecule has 0 spiro atoms. The van der Waals surface area contributed by atoms with Gasteiger partial charge in [-0.1, -0.05) is 36.1 Å². The molecule has 0 bridgehead atoms. The number of carbonyl (C=O) groups excluding carboxylic acids is 1. The maximum atomic E-state index is 13.3. The van der Waals surface area contributed by atoms with Crippen LogP contribution in [0.4, 0.5) is 4.39 Å². The van der Waals surface area contributed by atoms with Crippen molar-refractivity contribution in [3.05, 3.63) is 59.9 Å². The molecule has 0 aliphatic heterocycles. The summed E-state index contributed by atoms with van der Waals surface area (Å²) in [6.45, 7) is 2.11. The van der Waals surface area contributed by atoms with E-state index < -0.39 is 5.82 Å². The lowest BCUT2D eigenvalue weighted by Gasteiger charge is -2.06. The maximum absolute atomic E-state index is 13.3. The number of aryl methyl sites for hydroxylation is 1. The summed E-state index contributed by atoms with van der Waals surface area (Å²) in [4.78, 5) is 11.6. The van der Waals surface area contributed by atoms with Gasteiger partial charge >= 0.3 is 0 Å². The lowest BCUT2D eigenvalue weighted by atomic mass is 10.2. The van der Waals surface area contributed by atoms with Crippen LogP contribution in [0.3, 0.4) is 0 Å². The van der Waals surface area contributed by atoms with Gasteiger partial charge in [0.25, 0.3) is 5.91 Å². The smallest absolute Gasteiger partial charge is 0.258 e. The molecule has 0 saturated carbocycles. The van der Waals surface area contributed by atoms with Crippen LogP contribution in [0.5, 0.6) is 11.5 Å². The monoisotopic (exact) mass is 327 g/mol. The molecule has 0 aliphatic rings. The first-order valence-corrected chi connectivity index (χ1v) is 7.44. The average molecular weight is 327 g/mol. The van der Waals surface area contributed by atoms with Crippen LogP contribution in [-0.2, 0) is 4.79 Å². The van der Waals surface area contributed by atoms with E-state index in [0.717, 1.165) is 5.56 Å². The van der Waals surface area contributed by atoms with E-state index in [1.807, 2.05) is 25.1 Å². The van der Waals surface area contributed by atoms with E-state index in [4.69, 9.17) is 9.47 Å². The van der Waals surface area contributed by atoms with E-state index in [1.54, 1.807) is 18.2 Å². The Labute approximate surface area is 140 Å². The standard InChI is InChI=1S/C19H18FNO3/c1-15-7-6-8-16(13-15)24-14-19(22)21-11-4-5-12-23-18-10-3-2-9-17(18)20/h2-3,6-10,13H,11-12,14H2,1H3,(H,21,22). The highest BCUT2D eigenvalue weighted by Crippen LogP contribution is 2.14. The van der Waals surface area contributed by atoms with Crippen LogP contribution in [0.2, 0.25) is 0 Å². The molecule has 0 radical (unpaired) electrons. The molecule has 0 unspecified atom stereocenters. The van der Waals surface area contributed by atoms with Crippen molar-refractivity contribution in [1.82, 2.24) is 5.32 Å². The number of ether oxygens (including phenoxy) is 2. The Hall–Kier alpha value is -3.00. The Morgan fingerprint density at radius 2 is 1.96 bits per heavy atom. The molecule has 0 aromatic heterocycles. The molecule has 1 amide bonds. The van der Waals surface area contributed by atoms with Crippen molar-refractivity contribution in [2.24, 2.45) is 0 Å². The summed E-state index contributed by atoms with van der Waals surface area (Å²) < 4.78 is 23.8. The maximum Gasteiger partial charge on any atom is 0.258 e. The first-order chi connectivity index (χ1) is 11.6. The van der Waals surface area contributed by atoms with Crippen molar-refractivity contribution in [2.45, 2.75) is 6.92 Å². The molecule has 0 fully saturated rings. The number of nitrogens with one attached hydrogen (secondary N) is 1. The summed E-state index contributed by atoms with van der Waals surface area (Å²) in [6.07, 6.45) is 0. The molecule has 0 heterocycles. The van der Waals surface area contributed by atoms with Crippen molar-refractivity contribution in [2.75, 3.05) is 19.8 Å². The minimum absolute atomic E-state index is 0.0522. The molecule has 124 valence electrons. The summed E-state index contributed by atoms with van der Waals surface area (Å²) in [6, 6.07) is 13.6. The van der Waals surface area contributed by atoms with Crippen LogP contribution >= 0.6 is 0 Å². The predicted molar refractivity (Wildman–Crippen MR) is 89.4 cm³/mol. The third kappa shape index (κ3) is 6.01. The third-order valence-corrected chi connectivity index (χ3v) is 2.99. The summed E-state index contributed by atoms with van der Waals surface area (Å²) in [5.74, 6) is 5.54. The van der Waals surface area contributed by atoms with Gasteiger partial charge in [0.15, 0.2) is 18.2 Å². The second-order valence-corrected chi connectivity index (χ2v) is 4.95. The van der Waals surface area contributed by atoms with E-state index >= 15 is 0 Å². The molecule has 1 N–H and O–H groups in total. The highest BCUT2D eigenvalue weighted by atomic mass is 19.1. The summed E-state index contributed by atoms with van der Waals surface area (Å²) in [5.41, 5.74) is 1.06. The van der Waals surface area contributed by atoms with Gasteiger partial charge in [-0.3, -0.25) is 4.79 Å². The van der Waals surface area contributed by atoms with Crippen LogP contribution in [0, 0.1) is 24.6 Å². The van der Waals surface area contributed by atoms with Gasteiger partial charge in [0.05, 0.1) is 6.54 Å². The van der Waals surface area contributed by atoms with E-state index in [2.05, 4.69) is 17.2 Å². The van der Waals surface area contributed by atoms with Crippen LogP contribution in [-0.4, -0.2) is 25.7 Å². The number of benzene rings is 2. The molecule has 0 saturated heterocycles. The van der Waals surface area contributed by atoms with Crippen molar-refractivity contribution in [3.8, 4) is 23.3 Å². The number of halogens is 1. The number of amides is 1. The van der Waals surface area contributed by atoms with Crippen molar-refractivity contribution in [3.63, 3.8) is 0 Å². The Balaban J connectivity index is 1.63. The van der Waals surface area contributed by atoms with E-state index in [0.29, 0.717) is 5.75 Å². The predicted octanol–water partition coefficient (Wildman–Crippen LogP) is 2.71. The lowest BCUT2D eigenvalue weighted by molar-refractivity contribution is -0.122. The van der Waals surface area contributed by atoms with Gasteiger partial charge in [0.1, 0.15) is 12.4 Å². The number of hydrogen-bond donors (Lipinski definition) is 1. The fraction of sp³-hybridized carbons (Fsp3) is 0.211. The Bertz CT molecular complexity index is 750. The number of rotatable bonds is 6. The largest absolute Gasteiger partial charge is 0.484 e. The summed E-state index contributed by atoms with van der Waals surface area (Å²) in [5, 5.41) is 2.61. The Kier molecular flexibility index (Phi) is 6.66. The molecule has 2 rings (SSSR count). The molecular weight excluding hydrogens is 309 g/mol. The van der Waals surface area contributed by atoms with Gasteiger partial charge in [0.2, 0.25) is 0 Å². The van der Waals surface area contributed by atoms with Crippen LogP contribution in [0.15, 0.2) is 48.5 Å². The van der Waals surface area contributed by atoms with Crippen LogP contribution in [0.25, 0.3) is 0 Å². The number of carbonyl (C=O) groups is 1. The minimum Gasteiger partial charge on any atom is -0.484 e. The van der Waals surface area contributed by atoms with Crippen molar-refractivity contribution < 1.29 is 18.7 Å². The molecule has 2 aromatic carbocycles. The van der Waals surface area contributed by atoms with Crippen molar-refractivity contribution >= 4 is 5.91 Å². The SMILES string of the molecule is Cc1cccc(OCC(=O)NCC#CCOc2ccccc2F)c1. The van der Waals surface area contributed by atoms with Crippen LogP contribution in [0.1, 0.15) is 5.56 Å². The molecule has 0 atom stereocenters. The van der Waals surface area contributed by atoms with E-state index in [9.17, 15) is 9.18 Å². The van der Waals surface area contributed by atoms with Gasteiger partial charge in [-0.25, -0.2) is 4.39 Å². The molecule has 24 heavy (non-hydrogen) atoms. The fourth-order valence-electron chi connectivity index (χ4n) is 1.84. The lowest BCUT2D eigenvalue weighted by Crippen LogP contribution is -2.29. The second-order valence-electron chi connectivity index (χ2n) is 4.95. The van der Waals surface area contributed by atoms with Gasteiger partial charge in [0, 0.05) is 0 Å². The molecule has 4 nitrogen and oxygen atoms in total. The fourth-order valence-corrected chi connectivity index (χ4v) is 1.84.